The molecule has 0 radical (unpaired) electrons. The van der Waals surface area contributed by atoms with Gasteiger partial charge in [0.25, 0.3) is 0 Å². The number of likely N-dealkylation sites (tertiary alicyclic amines) is 1. The molecule has 1 N–H and O–H groups in total. The van der Waals surface area contributed by atoms with Crippen LogP contribution in [0.5, 0.6) is 0 Å². The number of nitrogens with zero attached hydrogens (tertiary/aromatic N) is 1. The van der Waals surface area contributed by atoms with E-state index in [0.717, 1.165) is 18.5 Å². The predicted octanol–water partition coefficient (Wildman–Crippen LogP) is 2.48. The summed E-state index contributed by atoms with van der Waals surface area (Å²) >= 11 is 0. The normalized spacial score (nSPS) is 28.8. The summed E-state index contributed by atoms with van der Waals surface area (Å²) in [5.41, 5.74) is 0.0674. The minimum absolute atomic E-state index is 0.0674. The molecule has 18 heavy (non-hydrogen) atoms. The molecule has 0 amide bonds. The first-order valence-electron chi connectivity index (χ1n) is 6.51. The zero-order chi connectivity index (χ0) is 12.7. The van der Waals surface area contributed by atoms with Crippen molar-refractivity contribution in [2.24, 2.45) is 5.92 Å². The van der Waals surface area contributed by atoms with Crippen molar-refractivity contribution < 1.29 is 13.9 Å². The molecule has 98 valence electrons. The number of benzene rings is 1. The van der Waals surface area contributed by atoms with Gasteiger partial charge in [-0.05, 0) is 31.2 Å². The lowest BCUT2D eigenvalue weighted by Gasteiger charge is -2.29. The highest BCUT2D eigenvalue weighted by atomic mass is 19.2. The van der Waals surface area contributed by atoms with Crippen molar-refractivity contribution in [2.75, 3.05) is 13.1 Å². The highest BCUT2D eigenvalue weighted by molar-refractivity contribution is 5.21. The van der Waals surface area contributed by atoms with Crippen molar-refractivity contribution in [2.45, 2.75) is 31.4 Å². The molecule has 1 aromatic carbocycles. The summed E-state index contributed by atoms with van der Waals surface area (Å²) in [6.07, 6.45) is 2.69. The number of β-amino-alcohol motifs (C(OH)–C–C–N with tert-alkyl or cyclic N) is 1. The summed E-state index contributed by atoms with van der Waals surface area (Å²) in [6, 6.07) is 4.50. The van der Waals surface area contributed by atoms with Crippen LogP contribution >= 0.6 is 0 Å². The fraction of sp³-hybridized carbons (Fsp3) is 0.571. The fourth-order valence-electron chi connectivity index (χ4n) is 3.35. The molecule has 1 aliphatic heterocycles. The van der Waals surface area contributed by atoms with E-state index in [1.54, 1.807) is 0 Å². The van der Waals surface area contributed by atoms with Crippen LogP contribution in [0.3, 0.4) is 0 Å². The number of fused-ring (bicyclic) bond motifs is 2. The number of rotatable bonds is 3. The van der Waals surface area contributed by atoms with Gasteiger partial charge < -0.3 is 5.11 Å². The molecular weight excluding hydrogens is 236 g/mol. The van der Waals surface area contributed by atoms with Crippen molar-refractivity contribution in [3.8, 4) is 0 Å². The van der Waals surface area contributed by atoms with Gasteiger partial charge in [0.05, 0.1) is 6.10 Å². The lowest BCUT2D eigenvalue weighted by molar-refractivity contribution is 0.0916. The Bertz CT molecular complexity index is 451. The molecule has 3 rings (SSSR count). The van der Waals surface area contributed by atoms with Gasteiger partial charge in [0.1, 0.15) is 0 Å². The van der Waals surface area contributed by atoms with Gasteiger partial charge in [-0.3, -0.25) is 4.90 Å². The summed E-state index contributed by atoms with van der Waals surface area (Å²) in [7, 11) is 0. The second kappa shape index (κ2) is 4.59. The molecule has 2 nitrogen and oxygen atoms in total. The first-order chi connectivity index (χ1) is 8.65. The van der Waals surface area contributed by atoms with Gasteiger partial charge in [-0.2, -0.15) is 0 Å². The number of hydrogen-bond acceptors (Lipinski definition) is 2. The minimum atomic E-state index is -0.944. The number of piperidine rings is 1. The molecular formula is C14H17F2NO. The van der Waals surface area contributed by atoms with Gasteiger partial charge in [-0.1, -0.05) is 12.1 Å². The molecule has 0 aromatic heterocycles. The average Bonchev–Trinajstić information content (AvgIpc) is 2.94. The monoisotopic (exact) mass is 253 g/mol. The lowest BCUT2D eigenvalue weighted by atomic mass is 10.1. The number of halogens is 2. The Balaban J connectivity index is 1.71. The summed E-state index contributed by atoms with van der Waals surface area (Å²) in [4.78, 5) is 2.21. The van der Waals surface area contributed by atoms with Gasteiger partial charge in [0.15, 0.2) is 11.6 Å². The zero-order valence-electron chi connectivity index (χ0n) is 10.1. The maximum Gasteiger partial charge on any atom is 0.164 e. The lowest BCUT2D eigenvalue weighted by Crippen LogP contribution is -2.35. The third-order valence-corrected chi connectivity index (χ3v) is 4.27. The van der Waals surface area contributed by atoms with E-state index in [4.69, 9.17) is 0 Å². The second-order valence-corrected chi connectivity index (χ2v) is 5.45. The van der Waals surface area contributed by atoms with Crippen LogP contribution in [0.15, 0.2) is 18.2 Å². The SMILES string of the molecule is OC(CN1CC2CCC1C2)c1cccc(F)c1F. The van der Waals surface area contributed by atoms with Gasteiger partial charge in [-0.15, -0.1) is 0 Å². The highest BCUT2D eigenvalue weighted by Crippen LogP contribution is 2.38. The highest BCUT2D eigenvalue weighted by Gasteiger charge is 2.38. The molecule has 2 fully saturated rings. The topological polar surface area (TPSA) is 23.5 Å². The Morgan fingerprint density at radius 1 is 1.33 bits per heavy atom. The van der Waals surface area contributed by atoms with E-state index in [1.165, 1.54) is 31.4 Å². The summed E-state index contributed by atoms with van der Waals surface area (Å²) in [5, 5.41) is 10.1. The van der Waals surface area contributed by atoms with Crippen LogP contribution in [-0.2, 0) is 0 Å². The molecule has 4 heteroatoms. The zero-order valence-corrected chi connectivity index (χ0v) is 10.1. The molecule has 1 heterocycles. The first-order valence-corrected chi connectivity index (χ1v) is 6.51. The van der Waals surface area contributed by atoms with Gasteiger partial charge >= 0.3 is 0 Å². The number of aliphatic hydroxyl groups excluding tert-OH is 1. The Morgan fingerprint density at radius 3 is 2.83 bits per heavy atom. The molecule has 1 aromatic rings. The van der Waals surface area contributed by atoms with Crippen molar-refractivity contribution >= 4 is 0 Å². The van der Waals surface area contributed by atoms with Crippen molar-refractivity contribution in [3.05, 3.63) is 35.4 Å². The average molecular weight is 253 g/mol. The molecule has 3 unspecified atom stereocenters. The van der Waals surface area contributed by atoms with Crippen LogP contribution in [0, 0.1) is 17.6 Å². The predicted molar refractivity (Wildman–Crippen MR) is 64.0 cm³/mol. The maximum atomic E-state index is 13.6. The van der Waals surface area contributed by atoms with Gasteiger partial charge in [0.2, 0.25) is 0 Å². The fourth-order valence-corrected chi connectivity index (χ4v) is 3.35. The van der Waals surface area contributed by atoms with E-state index in [2.05, 4.69) is 4.90 Å². The Morgan fingerprint density at radius 2 is 2.17 bits per heavy atom. The standard InChI is InChI=1S/C14H17F2NO/c15-12-3-1-2-11(14(12)16)13(18)8-17-7-9-4-5-10(17)6-9/h1-3,9-10,13,18H,4-8H2. The van der Waals surface area contributed by atoms with E-state index in [9.17, 15) is 13.9 Å². The molecule has 3 atom stereocenters. The van der Waals surface area contributed by atoms with Crippen LogP contribution in [0.1, 0.15) is 30.9 Å². The summed E-state index contributed by atoms with van der Waals surface area (Å²) in [6.45, 7) is 1.39. The van der Waals surface area contributed by atoms with Crippen LogP contribution in [-0.4, -0.2) is 29.1 Å². The Hall–Kier alpha value is -1.00. The maximum absolute atomic E-state index is 13.6. The van der Waals surface area contributed by atoms with Crippen molar-refractivity contribution in [3.63, 3.8) is 0 Å². The minimum Gasteiger partial charge on any atom is -0.387 e. The number of hydrogen-bond donors (Lipinski definition) is 1. The third-order valence-electron chi connectivity index (χ3n) is 4.27. The summed E-state index contributed by atoms with van der Waals surface area (Å²) in [5.74, 6) is -1.08. The van der Waals surface area contributed by atoms with E-state index in [-0.39, 0.29) is 5.56 Å². The molecule has 1 saturated carbocycles. The van der Waals surface area contributed by atoms with Crippen molar-refractivity contribution in [1.82, 2.24) is 4.90 Å². The molecule has 1 saturated heterocycles. The van der Waals surface area contributed by atoms with Crippen molar-refractivity contribution in [1.29, 1.82) is 0 Å². The molecule has 2 bridgehead atoms. The second-order valence-electron chi connectivity index (χ2n) is 5.45. The smallest absolute Gasteiger partial charge is 0.164 e. The first kappa shape index (κ1) is 12.1. The van der Waals surface area contributed by atoms with Gasteiger partial charge in [-0.25, -0.2) is 8.78 Å². The van der Waals surface area contributed by atoms with Crippen LogP contribution in [0.2, 0.25) is 0 Å². The summed E-state index contributed by atoms with van der Waals surface area (Å²) < 4.78 is 26.7. The van der Waals surface area contributed by atoms with Crippen LogP contribution in [0.25, 0.3) is 0 Å². The van der Waals surface area contributed by atoms with E-state index < -0.39 is 17.7 Å². The van der Waals surface area contributed by atoms with Crippen LogP contribution < -0.4 is 0 Å². The molecule has 0 spiro atoms. The molecule has 1 aliphatic carbocycles. The van der Waals surface area contributed by atoms with Gasteiger partial charge in [0, 0.05) is 24.7 Å². The van der Waals surface area contributed by atoms with E-state index in [1.807, 2.05) is 0 Å². The van der Waals surface area contributed by atoms with Crippen LogP contribution in [0.4, 0.5) is 8.78 Å². The third kappa shape index (κ3) is 2.04. The largest absolute Gasteiger partial charge is 0.387 e. The van der Waals surface area contributed by atoms with E-state index >= 15 is 0 Å². The van der Waals surface area contributed by atoms with E-state index in [0.29, 0.717) is 12.6 Å². The Labute approximate surface area is 105 Å². The Kier molecular flexibility index (Phi) is 3.08. The quantitative estimate of drug-likeness (QED) is 0.894. The number of aliphatic hydroxyl groups is 1. The molecule has 2 aliphatic rings.